The van der Waals surface area contributed by atoms with Crippen LogP contribution in [0.5, 0.6) is 0 Å². The van der Waals surface area contributed by atoms with Crippen molar-refractivity contribution >= 4 is 11.6 Å². The van der Waals surface area contributed by atoms with Gasteiger partial charge in [-0.15, -0.1) is 0 Å². The van der Waals surface area contributed by atoms with E-state index >= 15 is 0 Å². The average Bonchev–Trinajstić information content (AvgIpc) is 2.35. The number of ether oxygens (including phenoxy) is 1. The highest BCUT2D eigenvalue weighted by Crippen LogP contribution is 2.21. The average molecular weight is 259 g/mol. The third kappa shape index (κ3) is 3.41. The largest absolute Gasteiger partial charge is 0.390 e. The van der Waals surface area contributed by atoms with Crippen molar-refractivity contribution in [1.29, 1.82) is 0 Å². The van der Waals surface area contributed by atoms with Crippen molar-refractivity contribution in [2.45, 2.75) is 37.9 Å². The Balaban J connectivity index is 2.01. The molecular weight excluding hydrogens is 243 g/mol. The van der Waals surface area contributed by atoms with E-state index in [2.05, 4.69) is 0 Å². The lowest BCUT2D eigenvalue weighted by Gasteiger charge is -2.27. The van der Waals surface area contributed by atoms with E-state index in [-0.39, 0.29) is 18.3 Å². The van der Waals surface area contributed by atoms with Crippen LogP contribution in [0.2, 0.25) is 5.02 Å². The molecule has 4 heteroatoms. The monoisotopic (exact) mass is 258 g/mol. The molecule has 17 heavy (non-hydrogen) atoms. The topological polar surface area (TPSA) is 29.5 Å². The molecule has 0 saturated carbocycles. The number of hydrogen-bond acceptors (Lipinski definition) is 2. The first-order valence-corrected chi connectivity index (χ1v) is 6.28. The molecule has 0 aliphatic carbocycles. The van der Waals surface area contributed by atoms with Crippen LogP contribution >= 0.6 is 11.6 Å². The molecule has 0 radical (unpaired) electrons. The Hall–Kier alpha value is -0.640. The van der Waals surface area contributed by atoms with Crippen LogP contribution < -0.4 is 0 Å². The van der Waals surface area contributed by atoms with E-state index in [4.69, 9.17) is 16.3 Å². The summed E-state index contributed by atoms with van der Waals surface area (Å²) in [6.07, 6.45) is 2.33. The van der Waals surface area contributed by atoms with Gasteiger partial charge in [-0.3, -0.25) is 0 Å². The van der Waals surface area contributed by atoms with Crippen molar-refractivity contribution in [2.75, 3.05) is 6.61 Å². The first-order chi connectivity index (χ1) is 8.16. The van der Waals surface area contributed by atoms with E-state index in [0.717, 1.165) is 19.3 Å². The molecule has 0 spiro atoms. The molecule has 1 aliphatic heterocycles. The van der Waals surface area contributed by atoms with Crippen molar-refractivity contribution in [3.63, 3.8) is 0 Å². The number of aliphatic hydroxyl groups is 1. The molecule has 1 saturated heterocycles. The Morgan fingerprint density at radius 1 is 1.47 bits per heavy atom. The zero-order valence-electron chi connectivity index (χ0n) is 9.53. The van der Waals surface area contributed by atoms with Crippen molar-refractivity contribution in [3.05, 3.63) is 34.6 Å². The van der Waals surface area contributed by atoms with Crippen molar-refractivity contribution in [1.82, 2.24) is 0 Å². The van der Waals surface area contributed by atoms with E-state index in [9.17, 15) is 9.50 Å². The molecule has 1 aromatic rings. The molecule has 0 bridgehead atoms. The molecule has 1 aliphatic rings. The standard InChI is InChI=1S/C13H16ClFO2/c14-10-4-5-11(15)9(7-10)8-12(16)13-3-1-2-6-17-13/h4-5,7,12-13,16H,1-3,6,8H2. The van der Waals surface area contributed by atoms with Crippen LogP contribution in [0.4, 0.5) is 4.39 Å². The minimum atomic E-state index is -0.664. The van der Waals surface area contributed by atoms with Gasteiger partial charge in [0.2, 0.25) is 0 Å². The second-order valence-corrected chi connectivity index (χ2v) is 4.85. The number of rotatable bonds is 3. The minimum absolute atomic E-state index is 0.179. The SMILES string of the molecule is OC(Cc1cc(Cl)ccc1F)C1CCCCO1. The maximum absolute atomic E-state index is 13.5. The van der Waals surface area contributed by atoms with Gasteiger partial charge < -0.3 is 9.84 Å². The minimum Gasteiger partial charge on any atom is -0.390 e. The lowest BCUT2D eigenvalue weighted by atomic mass is 9.98. The molecule has 94 valence electrons. The summed E-state index contributed by atoms with van der Waals surface area (Å²) >= 11 is 5.81. The van der Waals surface area contributed by atoms with Gasteiger partial charge in [0.1, 0.15) is 5.82 Å². The van der Waals surface area contributed by atoms with Crippen LogP contribution in [0.3, 0.4) is 0 Å². The Kier molecular flexibility index (Phi) is 4.37. The lowest BCUT2D eigenvalue weighted by Crippen LogP contribution is -2.33. The van der Waals surface area contributed by atoms with Crippen molar-refractivity contribution in [3.8, 4) is 0 Å². The molecule has 0 amide bonds. The zero-order valence-corrected chi connectivity index (χ0v) is 10.3. The van der Waals surface area contributed by atoms with Gasteiger partial charge in [0, 0.05) is 18.1 Å². The Morgan fingerprint density at radius 2 is 2.29 bits per heavy atom. The molecule has 1 fully saturated rings. The smallest absolute Gasteiger partial charge is 0.126 e. The van der Waals surface area contributed by atoms with Crippen LogP contribution in [0.15, 0.2) is 18.2 Å². The second kappa shape index (κ2) is 5.80. The van der Waals surface area contributed by atoms with Crippen LogP contribution in [0, 0.1) is 5.82 Å². The molecule has 2 atom stereocenters. The third-order valence-corrected chi connectivity index (χ3v) is 3.32. The van der Waals surface area contributed by atoms with Crippen molar-refractivity contribution in [2.24, 2.45) is 0 Å². The molecule has 2 rings (SSSR count). The molecule has 0 aromatic heterocycles. The van der Waals surface area contributed by atoms with Crippen LogP contribution in [-0.4, -0.2) is 23.9 Å². The third-order valence-electron chi connectivity index (χ3n) is 3.08. The molecule has 1 N–H and O–H groups in total. The first kappa shape index (κ1) is 12.8. The van der Waals surface area contributed by atoms with Gasteiger partial charge in [-0.1, -0.05) is 11.6 Å². The Morgan fingerprint density at radius 3 is 3.00 bits per heavy atom. The van der Waals surface area contributed by atoms with Gasteiger partial charge in [0.25, 0.3) is 0 Å². The maximum Gasteiger partial charge on any atom is 0.126 e. The molecule has 1 aromatic carbocycles. The van der Waals surface area contributed by atoms with E-state index in [1.807, 2.05) is 0 Å². The van der Waals surface area contributed by atoms with Gasteiger partial charge in [-0.2, -0.15) is 0 Å². The van der Waals surface area contributed by atoms with E-state index < -0.39 is 6.10 Å². The van der Waals surface area contributed by atoms with Gasteiger partial charge in [0.05, 0.1) is 12.2 Å². The summed E-state index contributed by atoms with van der Waals surface area (Å²) in [5.41, 5.74) is 0.444. The highest BCUT2D eigenvalue weighted by atomic mass is 35.5. The van der Waals surface area contributed by atoms with Crippen LogP contribution in [0.25, 0.3) is 0 Å². The van der Waals surface area contributed by atoms with Gasteiger partial charge in [-0.05, 0) is 43.0 Å². The number of benzene rings is 1. The highest BCUT2D eigenvalue weighted by molar-refractivity contribution is 6.30. The fourth-order valence-corrected chi connectivity index (χ4v) is 2.32. The summed E-state index contributed by atoms with van der Waals surface area (Å²) in [6.45, 7) is 0.680. The molecular formula is C13H16ClFO2. The summed E-state index contributed by atoms with van der Waals surface area (Å²) in [6, 6.07) is 4.39. The predicted octanol–water partition coefficient (Wildman–Crippen LogP) is 2.95. The van der Waals surface area contributed by atoms with Gasteiger partial charge in [0.15, 0.2) is 0 Å². The fourth-order valence-electron chi connectivity index (χ4n) is 2.13. The predicted molar refractivity (Wildman–Crippen MR) is 64.7 cm³/mol. The van der Waals surface area contributed by atoms with Crippen molar-refractivity contribution < 1.29 is 14.2 Å². The number of halogens is 2. The normalized spacial score (nSPS) is 22.4. The van der Waals surface area contributed by atoms with E-state index in [1.165, 1.54) is 12.1 Å². The Bertz CT molecular complexity index is 378. The Labute approximate surface area is 105 Å². The van der Waals surface area contributed by atoms with E-state index in [0.29, 0.717) is 17.2 Å². The molecule has 2 unspecified atom stereocenters. The zero-order chi connectivity index (χ0) is 12.3. The van der Waals surface area contributed by atoms with Gasteiger partial charge >= 0.3 is 0 Å². The van der Waals surface area contributed by atoms with Crippen LogP contribution in [-0.2, 0) is 11.2 Å². The number of hydrogen-bond donors (Lipinski definition) is 1. The number of aliphatic hydroxyl groups excluding tert-OH is 1. The summed E-state index contributed by atoms with van der Waals surface area (Å²) in [5.74, 6) is -0.329. The van der Waals surface area contributed by atoms with Gasteiger partial charge in [-0.25, -0.2) is 4.39 Å². The quantitative estimate of drug-likeness (QED) is 0.903. The van der Waals surface area contributed by atoms with Crippen LogP contribution in [0.1, 0.15) is 24.8 Å². The lowest BCUT2D eigenvalue weighted by molar-refractivity contribution is -0.0613. The second-order valence-electron chi connectivity index (χ2n) is 4.41. The fraction of sp³-hybridized carbons (Fsp3) is 0.538. The summed E-state index contributed by atoms with van der Waals surface area (Å²) in [7, 11) is 0. The summed E-state index contributed by atoms with van der Waals surface area (Å²) in [4.78, 5) is 0. The maximum atomic E-state index is 13.5. The molecule has 2 nitrogen and oxygen atoms in total. The highest BCUT2D eigenvalue weighted by Gasteiger charge is 2.23. The summed E-state index contributed by atoms with van der Waals surface area (Å²) < 4.78 is 19.0. The molecule has 1 heterocycles. The summed E-state index contributed by atoms with van der Waals surface area (Å²) in [5, 5.41) is 10.5. The first-order valence-electron chi connectivity index (χ1n) is 5.90. The van der Waals surface area contributed by atoms with E-state index in [1.54, 1.807) is 6.07 Å².